The van der Waals surface area contributed by atoms with Crippen LogP contribution in [0.2, 0.25) is 0 Å². The van der Waals surface area contributed by atoms with Crippen LogP contribution in [0.25, 0.3) is 0 Å². The first kappa shape index (κ1) is 58.4. The van der Waals surface area contributed by atoms with Gasteiger partial charge < -0.3 is 14.2 Å². The van der Waals surface area contributed by atoms with Gasteiger partial charge in [0.15, 0.2) is 6.10 Å². The lowest BCUT2D eigenvalue weighted by Crippen LogP contribution is -2.30. The molecule has 0 amide bonds. The first-order valence-electron chi connectivity index (χ1n) is 26.9. The standard InChI is InChI=1S/C54H104O6/c1-5-7-9-11-13-15-17-19-21-22-23-24-25-27-29-31-33-39-43-47-54(57)60-51(49-59-53(56)46-42-38-35-34-36-40-44-50(3)4)48-58-52(55)45-41-37-32-30-28-26-20-18-16-14-12-10-8-6-2/h50-51H,5-49H2,1-4H3/t51-/m0/s1. The first-order chi connectivity index (χ1) is 29.4. The Kier molecular flexibility index (Phi) is 47.2. The van der Waals surface area contributed by atoms with Gasteiger partial charge in [-0.3, -0.25) is 14.4 Å². The molecule has 0 unspecified atom stereocenters. The van der Waals surface area contributed by atoms with Gasteiger partial charge in [-0.25, -0.2) is 0 Å². The van der Waals surface area contributed by atoms with Crippen molar-refractivity contribution in [2.75, 3.05) is 13.2 Å². The van der Waals surface area contributed by atoms with Gasteiger partial charge in [-0.1, -0.05) is 265 Å². The Bertz CT molecular complexity index is 903. The Morgan fingerprint density at radius 2 is 0.550 bits per heavy atom. The van der Waals surface area contributed by atoms with Crippen LogP contribution in [-0.2, 0) is 28.6 Å². The van der Waals surface area contributed by atoms with E-state index in [1.807, 2.05) is 0 Å². The minimum absolute atomic E-state index is 0.0635. The molecule has 0 saturated carbocycles. The van der Waals surface area contributed by atoms with Gasteiger partial charge in [0, 0.05) is 19.3 Å². The van der Waals surface area contributed by atoms with E-state index in [1.54, 1.807) is 0 Å². The number of carbonyl (C=O) groups excluding carboxylic acids is 3. The van der Waals surface area contributed by atoms with Crippen molar-refractivity contribution < 1.29 is 28.6 Å². The van der Waals surface area contributed by atoms with Crippen molar-refractivity contribution >= 4 is 17.9 Å². The first-order valence-corrected chi connectivity index (χ1v) is 26.9. The van der Waals surface area contributed by atoms with Crippen LogP contribution in [0.3, 0.4) is 0 Å². The highest BCUT2D eigenvalue weighted by Gasteiger charge is 2.19. The van der Waals surface area contributed by atoms with E-state index in [1.165, 1.54) is 199 Å². The summed E-state index contributed by atoms with van der Waals surface area (Å²) in [6.07, 6.45) is 51.1. The molecule has 0 aliphatic rings. The molecule has 0 spiro atoms. The summed E-state index contributed by atoms with van der Waals surface area (Å²) in [5, 5.41) is 0. The van der Waals surface area contributed by atoms with E-state index < -0.39 is 6.10 Å². The second-order valence-corrected chi connectivity index (χ2v) is 19.0. The molecule has 0 aliphatic carbocycles. The molecule has 0 heterocycles. The maximum Gasteiger partial charge on any atom is 0.306 e. The molecule has 356 valence electrons. The van der Waals surface area contributed by atoms with Crippen molar-refractivity contribution in [3.63, 3.8) is 0 Å². The van der Waals surface area contributed by atoms with Crippen LogP contribution in [0.1, 0.15) is 304 Å². The average molecular weight is 849 g/mol. The lowest BCUT2D eigenvalue weighted by molar-refractivity contribution is -0.167. The molecule has 0 radical (unpaired) electrons. The monoisotopic (exact) mass is 849 g/mol. The quantitative estimate of drug-likeness (QED) is 0.0345. The van der Waals surface area contributed by atoms with E-state index in [4.69, 9.17) is 14.2 Å². The van der Waals surface area contributed by atoms with Gasteiger partial charge in [-0.2, -0.15) is 0 Å². The lowest BCUT2D eigenvalue weighted by atomic mass is 10.0. The van der Waals surface area contributed by atoms with Gasteiger partial charge in [0.05, 0.1) is 0 Å². The summed E-state index contributed by atoms with van der Waals surface area (Å²) in [4.78, 5) is 37.9. The Morgan fingerprint density at radius 3 is 0.817 bits per heavy atom. The Morgan fingerprint density at radius 1 is 0.317 bits per heavy atom. The largest absolute Gasteiger partial charge is 0.462 e. The smallest absolute Gasteiger partial charge is 0.306 e. The number of ether oxygens (including phenoxy) is 3. The van der Waals surface area contributed by atoms with Crippen molar-refractivity contribution in [3.05, 3.63) is 0 Å². The number of unbranched alkanes of at least 4 members (excludes halogenated alkanes) is 36. The summed E-state index contributed by atoms with van der Waals surface area (Å²) < 4.78 is 16.8. The summed E-state index contributed by atoms with van der Waals surface area (Å²) >= 11 is 0. The van der Waals surface area contributed by atoms with Crippen LogP contribution in [0.15, 0.2) is 0 Å². The summed E-state index contributed by atoms with van der Waals surface area (Å²) in [7, 11) is 0. The number of hydrogen-bond donors (Lipinski definition) is 0. The fourth-order valence-corrected chi connectivity index (χ4v) is 8.22. The molecule has 0 aromatic heterocycles. The van der Waals surface area contributed by atoms with Crippen molar-refractivity contribution in [2.45, 2.75) is 310 Å². The maximum atomic E-state index is 12.8. The zero-order valence-electron chi connectivity index (χ0n) is 40.9. The van der Waals surface area contributed by atoms with Crippen molar-refractivity contribution in [1.82, 2.24) is 0 Å². The zero-order chi connectivity index (χ0) is 43.8. The summed E-state index contributed by atoms with van der Waals surface area (Å²) in [5.74, 6) is -0.0841. The Hall–Kier alpha value is -1.59. The fourth-order valence-electron chi connectivity index (χ4n) is 8.22. The van der Waals surface area contributed by atoms with Crippen molar-refractivity contribution in [3.8, 4) is 0 Å². The Balaban J connectivity index is 4.23. The molecule has 0 saturated heterocycles. The lowest BCUT2D eigenvalue weighted by Gasteiger charge is -2.18. The van der Waals surface area contributed by atoms with E-state index in [2.05, 4.69) is 27.7 Å². The van der Waals surface area contributed by atoms with Gasteiger partial charge in [-0.15, -0.1) is 0 Å². The second kappa shape index (κ2) is 48.4. The normalized spacial score (nSPS) is 11.9. The summed E-state index contributed by atoms with van der Waals surface area (Å²) in [6, 6.07) is 0. The number of hydrogen-bond acceptors (Lipinski definition) is 6. The molecule has 0 bridgehead atoms. The van der Waals surface area contributed by atoms with Gasteiger partial charge in [-0.05, 0) is 25.2 Å². The van der Waals surface area contributed by atoms with Gasteiger partial charge >= 0.3 is 17.9 Å². The molecular formula is C54H104O6. The van der Waals surface area contributed by atoms with Gasteiger partial charge in [0.25, 0.3) is 0 Å². The maximum absolute atomic E-state index is 12.8. The molecule has 0 aliphatic heterocycles. The molecule has 6 heteroatoms. The van der Waals surface area contributed by atoms with E-state index in [9.17, 15) is 14.4 Å². The van der Waals surface area contributed by atoms with Crippen molar-refractivity contribution in [2.24, 2.45) is 5.92 Å². The molecule has 0 fully saturated rings. The fraction of sp³-hybridized carbons (Fsp3) is 0.944. The third kappa shape index (κ3) is 47.5. The highest BCUT2D eigenvalue weighted by Crippen LogP contribution is 2.17. The molecular weight excluding hydrogens is 745 g/mol. The Labute approximate surface area is 374 Å². The predicted octanol–water partition coefficient (Wildman–Crippen LogP) is 17.5. The van der Waals surface area contributed by atoms with Gasteiger partial charge in [0.1, 0.15) is 13.2 Å². The van der Waals surface area contributed by atoms with Gasteiger partial charge in [0.2, 0.25) is 0 Å². The van der Waals surface area contributed by atoms with Crippen LogP contribution in [0, 0.1) is 5.92 Å². The average Bonchev–Trinajstić information content (AvgIpc) is 3.23. The molecule has 6 nitrogen and oxygen atoms in total. The number of rotatable bonds is 49. The van der Waals surface area contributed by atoms with Crippen LogP contribution < -0.4 is 0 Å². The van der Waals surface area contributed by atoms with Crippen LogP contribution in [0.5, 0.6) is 0 Å². The van der Waals surface area contributed by atoms with Crippen molar-refractivity contribution in [1.29, 1.82) is 0 Å². The molecule has 1 atom stereocenters. The van der Waals surface area contributed by atoms with E-state index >= 15 is 0 Å². The van der Waals surface area contributed by atoms with E-state index in [0.29, 0.717) is 19.3 Å². The summed E-state index contributed by atoms with van der Waals surface area (Å²) in [5.41, 5.74) is 0. The van der Waals surface area contributed by atoms with Crippen LogP contribution in [-0.4, -0.2) is 37.2 Å². The second-order valence-electron chi connectivity index (χ2n) is 19.0. The molecule has 0 N–H and O–H groups in total. The third-order valence-corrected chi connectivity index (χ3v) is 12.3. The predicted molar refractivity (Wildman–Crippen MR) is 257 cm³/mol. The minimum Gasteiger partial charge on any atom is -0.462 e. The third-order valence-electron chi connectivity index (χ3n) is 12.3. The SMILES string of the molecule is CCCCCCCCCCCCCCCCCCCCCC(=O)O[C@@H](COC(=O)CCCCCCCCCCCCCCCC)COC(=O)CCCCCCCCC(C)C. The molecule has 0 aromatic carbocycles. The van der Waals surface area contributed by atoms with Crippen LogP contribution in [0.4, 0.5) is 0 Å². The summed E-state index contributed by atoms with van der Waals surface area (Å²) in [6.45, 7) is 8.97. The molecule has 0 rings (SSSR count). The molecule has 0 aromatic rings. The number of carbonyl (C=O) groups is 3. The molecule has 60 heavy (non-hydrogen) atoms. The topological polar surface area (TPSA) is 78.9 Å². The zero-order valence-corrected chi connectivity index (χ0v) is 40.9. The highest BCUT2D eigenvalue weighted by atomic mass is 16.6. The minimum atomic E-state index is -0.761. The van der Waals surface area contributed by atoms with Crippen LogP contribution >= 0.6 is 0 Å². The van der Waals surface area contributed by atoms with E-state index in [0.717, 1.165) is 63.7 Å². The highest BCUT2D eigenvalue weighted by molar-refractivity contribution is 5.71. The number of esters is 3. The van der Waals surface area contributed by atoms with E-state index in [-0.39, 0.29) is 31.1 Å².